The first-order chi connectivity index (χ1) is 18.3. The lowest BCUT2D eigenvalue weighted by Gasteiger charge is -2.36. The first-order valence-electron chi connectivity index (χ1n) is 13.5. The Kier molecular flexibility index (Phi) is 9.64. The largest absolute Gasteiger partial charge is 0.482 e. The molecule has 0 bridgehead atoms. The summed E-state index contributed by atoms with van der Waals surface area (Å²) in [4.78, 5) is 19.5. The summed E-state index contributed by atoms with van der Waals surface area (Å²) in [5.41, 5.74) is 3.43. The summed E-state index contributed by atoms with van der Waals surface area (Å²) in [5, 5.41) is 2.92. The summed E-state index contributed by atoms with van der Waals surface area (Å²) in [7, 11) is -0.768. The SMILES string of the molecule is CCN1CCN(c2cccc(OCC(=O)NCCCN3CCc4ccccc4C3)c2S(=O)(=O)N(C)C)CC1. The van der Waals surface area contributed by atoms with E-state index in [9.17, 15) is 13.2 Å². The maximum absolute atomic E-state index is 13.3. The number of hydrogen-bond acceptors (Lipinski definition) is 7. The predicted octanol–water partition coefficient (Wildman–Crippen LogP) is 2.02. The van der Waals surface area contributed by atoms with Crippen LogP contribution in [0.15, 0.2) is 47.4 Å². The number of hydrogen-bond donors (Lipinski definition) is 1. The van der Waals surface area contributed by atoms with E-state index in [1.54, 1.807) is 12.1 Å². The molecule has 2 aliphatic rings. The van der Waals surface area contributed by atoms with E-state index >= 15 is 0 Å². The number of likely N-dealkylation sites (N-methyl/N-ethyl adjacent to an activating group) is 1. The van der Waals surface area contributed by atoms with Crippen molar-refractivity contribution in [1.82, 2.24) is 19.4 Å². The van der Waals surface area contributed by atoms with E-state index in [1.165, 1.54) is 29.5 Å². The highest BCUT2D eigenvalue weighted by molar-refractivity contribution is 7.89. The van der Waals surface area contributed by atoms with Crippen LogP contribution in [0.2, 0.25) is 0 Å². The van der Waals surface area contributed by atoms with E-state index in [0.717, 1.165) is 65.2 Å². The summed E-state index contributed by atoms with van der Waals surface area (Å²) >= 11 is 0. The average Bonchev–Trinajstić information content (AvgIpc) is 2.93. The van der Waals surface area contributed by atoms with E-state index in [4.69, 9.17) is 4.74 Å². The first-order valence-corrected chi connectivity index (χ1v) is 14.9. The summed E-state index contributed by atoms with van der Waals surface area (Å²) in [6.45, 7) is 9.50. The normalized spacial score (nSPS) is 16.9. The van der Waals surface area contributed by atoms with Crippen LogP contribution in [0.5, 0.6) is 5.75 Å². The molecule has 1 fully saturated rings. The van der Waals surface area contributed by atoms with Gasteiger partial charge in [0.15, 0.2) is 6.61 Å². The highest BCUT2D eigenvalue weighted by atomic mass is 32.2. The van der Waals surface area contributed by atoms with Gasteiger partial charge in [-0.3, -0.25) is 9.69 Å². The number of fused-ring (bicyclic) bond motifs is 1. The number of carbonyl (C=O) groups is 1. The van der Waals surface area contributed by atoms with Gasteiger partial charge in [0, 0.05) is 66.5 Å². The third-order valence-electron chi connectivity index (χ3n) is 7.40. The molecular weight excluding hydrogens is 502 g/mol. The molecule has 0 radical (unpaired) electrons. The zero-order valence-electron chi connectivity index (χ0n) is 22.9. The molecule has 9 nitrogen and oxygen atoms in total. The van der Waals surface area contributed by atoms with Crippen molar-refractivity contribution >= 4 is 21.6 Å². The summed E-state index contributed by atoms with van der Waals surface area (Å²) in [6, 6.07) is 13.8. The standard InChI is InChI=1S/C28H41N5O4S/c1-4-31-17-19-33(20-18-31)25-11-7-12-26(28(25)38(35,36)30(2)3)37-22-27(34)29-14-8-15-32-16-13-23-9-5-6-10-24(23)21-32/h5-7,9-12H,4,8,13-22H2,1-3H3,(H,29,34). The number of ether oxygens (including phenoxy) is 1. The van der Waals surface area contributed by atoms with Crippen molar-refractivity contribution in [2.24, 2.45) is 0 Å². The molecule has 2 aliphatic heterocycles. The van der Waals surface area contributed by atoms with Gasteiger partial charge >= 0.3 is 0 Å². The van der Waals surface area contributed by atoms with Crippen molar-refractivity contribution in [3.8, 4) is 5.75 Å². The average molecular weight is 544 g/mol. The van der Waals surface area contributed by atoms with Crippen LogP contribution >= 0.6 is 0 Å². The van der Waals surface area contributed by atoms with E-state index in [-0.39, 0.29) is 23.2 Å². The maximum Gasteiger partial charge on any atom is 0.257 e. The third-order valence-corrected chi connectivity index (χ3v) is 9.29. The molecule has 0 aliphatic carbocycles. The molecule has 0 unspecified atom stereocenters. The van der Waals surface area contributed by atoms with Gasteiger partial charge in [0.05, 0.1) is 5.69 Å². The zero-order chi connectivity index (χ0) is 27.1. The minimum Gasteiger partial charge on any atom is -0.482 e. The second-order valence-corrected chi connectivity index (χ2v) is 12.2. The number of nitrogens with one attached hydrogen (secondary N) is 1. The number of rotatable bonds is 11. The number of carbonyl (C=O) groups excluding carboxylic acids is 1. The Hall–Kier alpha value is -2.66. The second kappa shape index (κ2) is 12.9. The molecule has 2 aromatic rings. The number of amides is 1. The minimum absolute atomic E-state index is 0.119. The van der Waals surface area contributed by atoms with Crippen LogP contribution in [0.1, 0.15) is 24.5 Å². The second-order valence-electron chi connectivity index (χ2n) is 10.1. The van der Waals surface area contributed by atoms with E-state index in [2.05, 4.69) is 51.2 Å². The summed E-state index contributed by atoms with van der Waals surface area (Å²) in [5.74, 6) is -0.0552. The van der Waals surface area contributed by atoms with E-state index < -0.39 is 10.0 Å². The van der Waals surface area contributed by atoms with Gasteiger partial charge in [0.1, 0.15) is 10.6 Å². The van der Waals surface area contributed by atoms with Crippen molar-refractivity contribution in [1.29, 1.82) is 0 Å². The van der Waals surface area contributed by atoms with E-state index in [0.29, 0.717) is 12.2 Å². The van der Waals surface area contributed by atoms with Gasteiger partial charge in [-0.2, -0.15) is 0 Å². The van der Waals surface area contributed by atoms with Crippen LogP contribution in [-0.2, 0) is 27.8 Å². The third kappa shape index (κ3) is 6.85. The molecule has 1 N–H and O–H groups in total. The molecular formula is C28H41N5O4S. The molecule has 2 aromatic carbocycles. The lowest BCUT2D eigenvalue weighted by molar-refractivity contribution is -0.123. The molecule has 38 heavy (non-hydrogen) atoms. The molecule has 1 saturated heterocycles. The van der Waals surface area contributed by atoms with Gasteiger partial charge in [-0.05, 0) is 42.6 Å². The molecule has 4 rings (SSSR count). The Morgan fingerprint density at radius 1 is 0.974 bits per heavy atom. The van der Waals surface area contributed by atoms with Crippen molar-refractivity contribution in [2.75, 3.05) is 78.0 Å². The van der Waals surface area contributed by atoms with Crippen LogP contribution in [0.3, 0.4) is 0 Å². The minimum atomic E-state index is -3.79. The molecule has 0 aromatic heterocycles. The van der Waals surface area contributed by atoms with Crippen LogP contribution < -0.4 is 15.0 Å². The number of nitrogens with zero attached hydrogens (tertiary/aromatic N) is 4. The molecule has 1 amide bonds. The van der Waals surface area contributed by atoms with Crippen molar-refractivity contribution in [3.63, 3.8) is 0 Å². The Bertz CT molecular complexity index is 1200. The molecule has 0 saturated carbocycles. The van der Waals surface area contributed by atoms with E-state index in [1.807, 2.05) is 6.07 Å². The highest BCUT2D eigenvalue weighted by Crippen LogP contribution is 2.36. The topological polar surface area (TPSA) is 85.4 Å². The van der Waals surface area contributed by atoms with Crippen LogP contribution in [0, 0.1) is 0 Å². The van der Waals surface area contributed by atoms with Gasteiger partial charge in [-0.1, -0.05) is 37.3 Å². The fourth-order valence-corrected chi connectivity index (χ4v) is 6.29. The zero-order valence-corrected chi connectivity index (χ0v) is 23.7. The summed E-state index contributed by atoms with van der Waals surface area (Å²) < 4.78 is 33.7. The van der Waals surface area contributed by atoms with Gasteiger partial charge < -0.3 is 19.9 Å². The fraction of sp³-hybridized carbons (Fsp3) is 0.536. The van der Waals surface area contributed by atoms with Crippen molar-refractivity contribution < 1.29 is 17.9 Å². The lowest BCUT2D eigenvalue weighted by atomic mass is 10.00. The molecule has 0 atom stereocenters. The predicted molar refractivity (Wildman–Crippen MR) is 150 cm³/mol. The smallest absolute Gasteiger partial charge is 0.257 e. The van der Waals surface area contributed by atoms with Gasteiger partial charge in [0.2, 0.25) is 10.0 Å². The Morgan fingerprint density at radius 2 is 1.71 bits per heavy atom. The van der Waals surface area contributed by atoms with Crippen LogP contribution in [0.4, 0.5) is 5.69 Å². The number of piperazine rings is 1. The van der Waals surface area contributed by atoms with Gasteiger partial charge in [-0.25, -0.2) is 12.7 Å². The number of anilines is 1. The lowest BCUT2D eigenvalue weighted by Crippen LogP contribution is -2.46. The maximum atomic E-state index is 13.3. The Morgan fingerprint density at radius 3 is 2.42 bits per heavy atom. The Balaban J connectivity index is 1.33. The number of sulfonamides is 1. The first kappa shape index (κ1) is 28.4. The van der Waals surface area contributed by atoms with Crippen LogP contribution in [-0.4, -0.2) is 101 Å². The number of benzene rings is 2. The van der Waals surface area contributed by atoms with Crippen LogP contribution in [0.25, 0.3) is 0 Å². The molecule has 0 spiro atoms. The molecule has 10 heteroatoms. The fourth-order valence-electron chi connectivity index (χ4n) is 5.08. The Labute approximate surface area is 227 Å². The van der Waals surface area contributed by atoms with Crippen molar-refractivity contribution in [2.45, 2.75) is 31.2 Å². The van der Waals surface area contributed by atoms with Crippen molar-refractivity contribution in [3.05, 3.63) is 53.6 Å². The quantitative estimate of drug-likeness (QED) is 0.434. The monoisotopic (exact) mass is 543 g/mol. The molecule has 2 heterocycles. The van der Waals surface area contributed by atoms with Gasteiger partial charge in [-0.15, -0.1) is 0 Å². The van der Waals surface area contributed by atoms with Gasteiger partial charge in [0.25, 0.3) is 5.91 Å². The summed E-state index contributed by atoms with van der Waals surface area (Å²) in [6.07, 6.45) is 1.90. The molecule has 208 valence electrons. The highest BCUT2D eigenvalue weighted by Gasteiger charge is 2.30.